The Kier molecular flexibility index (Phi) is 3.18. The first-order valence-corrected chi connectivity index (χ1v) is 5.11. The fraction of sp³-hybridized carbons (Fsp3) is 0.167. The molecule has 6 heteroatoms. The van der Waals surface area contributed by atoms with Crippen molar-refractivity contribution in [2.45, 2.75) is 6.42 Å². The maximum Gasteiger partial charge on any atom is 0.332 e. The van der Waals surface area contributed by atoms with Crippen molar-refractivity contribution in [3.8, 4) is 11.5 Å². The Morgan fingerprint density at radius 3 is 2.61 bits per heavy atom. The highest BCUT2D eigenvalue weighted by atomic mass is 16.7. The molecular weight excluding hydrogens is 240 g/mol. The quantitative estimate of drug-likeness (QED) is 0.783. The topological polar surface area (TPSA) is 93.1 Å². The molecule has 0 aliphatic carbocycles. The van der Waals surface area contributed by atoms with Gasteiger partial charge in [-0.25, -0.2) is 4.79 Å². The average Bonchev–Trinajstić information content (AvgIpc) is 2.74. The molecule has 0 spiro atoms. The van der Waals surface area contributed by atoms with E-state index in [1.54, 1.807) is 18.2 Å². The van der Waals surface area contributed by atoms with Crippen LogP contribution in [0.3, 0.4) is 0 Å². The zero-order valence-electron chi connectivity index (χ0n) is 9.25. The van der Waals surface area contributed by atoms with Crippen LogP contribution in [-0.2, 0) is 9.59 Å². The van der Waals surface area contributed by atoms with Crippen molar-refractivity contribution in [1.82, 2.24) is 0 Å². The van der Waals surface area contributed by atoms with Gasteiger partial charge in [0.1, 0.15) is 0 Å². The number of hydrogen-bond acceptors (Lipinski definition) is 4. The summed E-state index contributed by atoms with van der Waals surface area (Å²) in [5, 5.41) is 17.5. The number of benzene rings is 1. The highest BCUT2D eigenvalue weighted by Gasteiger charge is 2.15. The van der Waals surface area contributed by atoms with Gasteiger partial charge >= 0.3 is 11.9 Å². The van der Waals surface area contributed by atoms with Gasteiger partial charge in [-0.3, -0.25) is 4.79 Å². The molecular formula is C12H10O6. The van der Waals surface area contributed by atoms with Gasteiger partial charge in [0.05, 0.1) is 6.42 Å². The molecule has 1 heterocycles. The number of rotatable bonds is 4. The largest absolute Gasteiger partial charge is 0.481 e. The normalized spacial score (nSPS) is 13.4. The lowest BCUT2D eigenvalue weighted by atomic mass is 10.1. The number of fused-ring (bicyclic) bond motifs is 1. The molecule has 1 aliphatic heterocycles. The van der Waals surface area contributed by atoms with Gasteiger partial charge in [-0.2, -0.15) is 0 Å². The maximum atomic E-state index is 10.9. The smallest absolute Gasteiger partial charge is 0.332 e. The molecule has 1 aliphatic rings. The number of hydrogen-bond donors (Lipinski definition) is 2. The van der Waals surface area contributed by atoms with E-state index in [0.717, 1.165) is 0 Å². The summed E-state index contributed by atoms with van der Waals surface area (Å²) in [6.07, 6.45) is 0.766. The fourth-order valence-electron chi connectivity index (χ4n) is 1.56. The highest BCUT2D eigenvalue weighted by Crippen LogP contribution is 2.33. The lowest BCUT2D eigenvalue weighted by Crippen LogP contribution is -2.06. The molecule has 18 heavy (non-hydrogen) atoms. The number of aliphatic carboxylic acids is 2. The summed E-state index contributed by atoms with van der Waals surface area (Å²) < 4.78 is 10.3. The lowest BCUT2D eigenvalue weighted by molar-refractivity contribution is -0.139. The molecule has 0 amide bonds. The summed E-state index contributed by atoms with van der Waals surface area (Å²) in [4.78, 5) is 21.4. The number of carbonyl (C=O) groups is 2. The summed E-state index contributed by atoms with van der Waals surface area (Å²) in [6.45, 7) is 0.128. The minimum absolute atomic E-state index is 0.128. The first kappa shape index (κ1) is 12.0. The van der Waals surface area contributed by atoms with Crippen LogP contribution in [0.4, 0.5) is 0 Å². The Balaban J connectivity index is 2.29. The Morgan fingerprint density at radius 1 is 1.22 bits per heavy atom. The molecule has 0 atom stereocenters. The van der Waals surface area contributed by atoms with Gasteiger partial charge in [0.25, 0.3) is 0 Å². The van der Waals surface area contributed by atoms with Crippen LogP contribution in [0.25, 0.3) is 6.08 Å². The van der Waals surface area contributed by atoms with Gasteiger partial charge < -0.3 is 19.7 Å². The molecule has 94 valence electrons. The molecule has 0 saturated carbocycles. The fourth-order valence-corrected chi connectivity index (χ4v) is 1.56. The van der Waals surface area contributed by atoms with Gasteiger partial charge in [0, 0.05) is 5.57 Å². The standard InChI is InChI=1S/C12H10O6/c13-11(14)5-8(12(15)16)3-7-1-2-9-10(4-7)18-6-17-9/h1-4H,5-6H2,(H,13,14)(H,15,16)/b8-3+. The Morgan fingerprint density at radius 2 is 1.94 bits per heavy atom. The Labute approximate surface area is 102 Å². The van der Waals surface area contributed by atoms with Crippen LogP contribution in [0.2, 0.25) is 0 Å². The first-order valence-electron chi connectivity index (χ1n) is 5.11. The molecule has 1 aromatic carbocycles. The first-order chi connectivity index (χ1) is 8.56. The van der Waals surface area contributed by atoms with Crippen molar-refractivity contribution in [2.24, 2.45) is 0 Å². The van der Waals surface area contributed by atoms with Gasteiger partial charge in [-0.15, -0.1) is 0 Å². The van der Waals surface area contributed by atoms with Crippen molar-refractivity contribution in [1.29, 1.82) is 0 Å². The van der Waals surface area contributed by atoms with Crippen molar-refractivity contribution in [3.63, 3.8) is 0 Å². The second-order valence-corrected chi connectivity index (χ2v) is 3.66. The molecule has 0 fully saturated rings. The molecule has 0 saturated heterocycles. The number of carboxylic acids is 2. The monoisotopic (exact) mass is 250 g/mol. The molecule has 0 radical (unpaired) electrons. The third kappa shape index (κ3) is 2.60. The van der Waals surface area contributed by atoms with Crippen LogP contribution in [0, 0.1) is 0 Å². The van der Waals surface area contributed by atoms with E-state index < -0.39 is 18.4 Å². The summed E-state index contributed by atoms with van der Waals surface area (Å²) in [7, 11) is 0. The van der Waals surface area contributed by atoms with E-state index >= 15 is 0 Å². The summed E-state index contributed by atoms with van der Waals surface area (Å²) >= 11 is 0. The van der Waals surface area contributed by atoms with Crippen molar-refractivity contribution in [3.05, 3.63) is 29.3 Å². The second-order valence-electron chi connectivity index (χ2n) is 3.66. The predicted molar refractivity (Wildman–Crippen MR) is 60.4 cm³/mol. The number of carboxylic acid groups (broad SMARTS) is 2. The van der Waals surface area contributed by atoms with Crippen LogP contribution in [0.15, 0.2) is 23.8 Å². The minimum atomic E-state index is -1.25. The zero-order chi connectivity index (χ0) is 13.1. The molecule has 2 N–H and O–H groups in total. The molecule has 2 rings (SSSR count). The molecule has 0 aromatic heterocycles. The van der Waals surface area contributed by atoms with Gasteiger partial charge in [0.2, 0.25) is 6.79 Å². The molecule has 6 nitrogen and oxygen atoms in total. The lowest BCUT2D eigenvalue weighted by Gasteiger charge is -2.01. The van der Waals surface area contributed by atoms with E-state index in [0.29, 0.717) is 17.1 Å². The molecule has 0 bridgehead atoms. The highest BCUT2D eigenvalue weighted by molar-refractivity contribution is 5.96. The van der Waals surface area contributed by atoms with Crippen molar-refractivity contribution >= 4 is 18.0 Å². The second kappa shape index (κ2) is 4.79. The third-order valence-corrected chi connectivity index (χ3v) is 2.35. The van der Waals surface area contributed by atoms with E-state index in [2.05, 4.69) is 0 Å². The van der Waals surface area contributed by atoms with E-state index in [1.165, 1.54) is 6.08 Å². The van der Waals surface area contributed by atoms with E-state index in [4.69, 9.17) is 19.7 Å². The minimum Gasteiger partial charge on any atom is -0.481 e. The van der Waals surface area contributed by atoms with Crippen LogP contribution in [0.1, 0.15) is 12.0 Å². The predicted octanol–water partition coefficient (Wildman–Crippen LogP) is 1.36. The van der Waals surface area contributed by atoms with Crippen LogP contribution < -0.4 is 9.47 Å². The van der Waals surface area contributed by atoms with Crippen molar-refractivity contribution < 1.29 is 29.3 Å². The van der Waals surface area contributed by atoms with E-state index in [1.807, 2.05) is 0 Å². The van der Waals surface area contributed by atoms with Crippen LogP contribution in [-0.4, -0.2) is 28.9 Å². The summed E-state index contributed by atoms with van der Waals surface area (Å²) in [5.74, 6) is -1.34. The zero-order valence-corrected chi connectivity index (χ0v) is 9.25. The summed E-state index contributed by atoms with van der Waals surface area (Å²) in [5.41, 5.74) is 0.360. The molecule has 0 unspecified atom stereocenters. The maximum absolute atomic E-state index is 10.9. The average molecular weight is 250 g/mol. The van der Waals surface area contributed by atoms with Crippen LogP contribution >= 0.6 is 0 Å². The Hall–Kier alpha value is -2.50. The number of ether oxygens (including phenoxy) is 2. The molecule has 1 aromatic rings. The Bertz CT molecular complexity index is 531. The van der Waals surface area contributed by atoms with Crippen molar-refractivity contribution in [2.75, 3.05) is 6.79 Å². The van der Waals surface area contributed by atoms with Gasteiger partial charge in [-0.1, -0.05) is 6.07 Å². The third-order valence-electron chi connectivity index (χ3n) is 2.35. The summed E-state index contributed by atoms with van der Waals surface area (Å²) in [6, 6.07) is 4.89. The van der Waals surface area contributed by atoms with E-state index in [-0.39, 0.29) is 12.4 Å². The van der Waals surface area contributed by atoms with Gasteiger partial charge in [-0.05, 0) is 23.8 Å². The van der Waals surface area contributed by atoms with E-state index in [9.17, 15) is 9.59 Å². The van der Waals surface area contributed by atoms with Gasteiger partial charge in [0.15, 0.2) is 11.5 Å². The van der Waals surface area contributed by atoms with Crippen LogP contribution in [0.5, 0.6) is 11.5 Å². The SMILES string of the molecule is O=C(O)C/C(=C\c1ccc2c(c1)OCO2)C(=O)O.